The molecule has 0 aliphatic rings. The van der Waals surface area contributed by atoms with Crippen LogP contribution in [0.15, 0.2) is 54.7 Å². The van der Waals surface area contributed by atoms with Crippen molar-refractivity contribution >= 4 is 28.2 Å². The van der Waals surface area contributed by atoms with Crippen molar-refractivity contribution in [3.8, 4) is 0 Å². The second-order valence-corrected chi connectivity index (χ2v) is 4.92. The van der Waals surface area contributed by atoms with Crippen LogP contribution in [-0.4, -0.2) is 11.5 Å². The van der Waals surface area contributed by atoms with Gasteiger partial charge in [0.2, 0.25) is 0 Å². The summed E-state index contributed by atoms with van der Waals surface area (Å²) >= 11 is 6.11. The Morgan fingerprint density at radius 2 is 1.79 bits per heavy atom. The molecule has 0 aliphatic heterocycles. The van der Waals surface area contributed by atoms with Gasteiger partial charge in [-0.15, -0.1) is 0 Å². The molecule has 0 unspecified atom stereocenters. The molecule has 0 atom stereocenters. The maximum absolute atomic E-state index is 6.11. The van der Waals surface area contributed by atoms with Gasteiger partial charge in [0, 0.05) is 23.6 Å². The Morgan fingerprint density at radius 1 is 1.00 bits per heavy atom. The summed E-state index contributed by atoms with van der Waals surface area (Å²) in [6, 6.07) is 16.2. The number of nitrogens with one attached hydrogen (secondary N) is 2. The Bertz CT molecular complexity index is 688. The smallest absolute Gasteiger partial charge is 0.0637 e. The molecule has 1 heterocycles. The van der Waals surface area contributed by atoms with Crippen LogP contribution in [0.4, 0.5) is 5.69 Å². The third-order valence-corrected chi connectivity index (χ3v) is 3.59. The highest BCUT2D eigenvalue weighted by atomic mass is 35.5. The first-order valence-corrected chi connectivity index (χ1v) is 6.76. The Labute approximate surface area is 117 Å². The molecule has 0 aliphatic carbocycles. The van der Waals surface area contributed by atoms with Gasteiger partial charge in [-0.2, -0.15) is 0 Å². The molecule has 0 saturated carbocycles. The van der Waals surface area contributed by atoms with Crippen molar-refractivity contribution in [1.82, 2.24) is 4.98 Å². The highest BCUT2D eigenvalue weighted by Crippen LogP contribution is 2.21. The Morgan fingerprint density at radius 3 is 2.68 bits per heavy atom. The number of halogens is 1. The van der Waals surface area contributed by atoms with E-state index < -0.39 is 0 Å². The Kier molecular flexibility index (Phi) is 3.43. The molecular weight excluding hydrogens is 256 g/mol. The van der Waals surface area contributed by atoms with Crippen molar-refractivity contribution in [3.05, 3.63) is 65.3 Å². The van der Waals surface area contributed by atoms with Crippen LogP contribution in [0.3, 0.4) is 0 Å². The average Bonchev–Trinajstić information content (AvgIpc) is 2.85. The van der Waals surface area contributed by atoms with Crippen LogP contribution in [0, 0.1) is 0 Å². The van der Waals surface area contributed by atoms with E-state index in [4.69, 9.17) is 11.6 Å². The topological polar surface area (TPSA) is 27.8 Å². The first-order chi connectivity index (χ1) is 9.34. The van der Waals surface area contributed by atoms with E-state index in [2.05, 4.69) is 34.7 Å². The second kappa shape index (κ2) is 5.37. The summed E-state index contributed by atoms with van der Waals surface area (Å²) in [4.78, 5) is 3.29. The second-order valence-electron chi connectivity index (χ2n) is 4.52. The summed E-state index contributed by atoms with van der Waals surface area (Å²) < 4.78 is 0. The van der Waals surface area contributed by atoms with Crippen LogP contribution in [-0.2, 0) is 6.42 Å². The maximum Gasteiger partial charge on any atom is 0.0637 e. The largest absolute Gasteiger partial charge is 0.384 e. The third kappa shape index (κ3) is 2.59. The van der Waals surface area contributed by atoms with E-state index in [9.17, 15) is 0 Å². The number of para-hydroxylation sites is 2. The van der Waals surface area contributed by atoms with Gasteiger partial charge in [-0.25, -0.2) is 0 Å². The summed E-state index contributed by atoms with van der Waals surface area (Å²) in [6.45, 7) is 0.867. The van der Waals surface area contributed by atoms with Gasteiger partial charge in [0.15, 0.2) is 0 Å². The summed E-state index contributed by atoms with van der Waals surface area (Å²) in [5.41, 5.74) is 3.51. The summed E-state index contributed by atoms with van der Waals surface area (Å²) in [6.07, 6.45) is 3.05. The number of aromatic amines is 1. The molecule has 2 nitrogen and oxygen atoms in total. The highest BCUT2D eigenvalue weighted by molar-refractivity contribution is 6.33. The monoisotopic (exact) mass is 270 g/mol. The van der Waals surface area contributed by atoms with Crippen molar-refractivity contribution in [2.24, 2.45) is 0 Å². The third-order valence-electron chi connectivity index (χ3n) is 3.26. The fourth-order valence-corrected chi connectivity index (χ4v) is 2.48. The predicted molar refractivity (Wildman–Crippen MR) is 81.9 cm³/mol. The molecule has 0 fully saturated rings. The Hall–Kier alpha value is -1.93. The minimum Gasteiger partial charge on any atom is -0.384 e. The number of benzene rings is 2. The van der Waals surface area contributed by atoms with Crippen LogP contribution in [0.25, 0.3) is 10.9 Å². The van der Waals surface area contributed by atoms with E-state index in [0.717, 1.165) is 23.7 Å². The van der Waals surface area contributed by atoms with E-state index in [1.54, 1.807) is 0 Å². The quantitative estimate of drug-likeness (QED) is 0.719. The zero-order chi connectivity index (χ0) is 13.1. The number of hydrogen-bond donors (Lipinski definition) is 2. The van der Waals surface area contributed by atoms with Gasteiger partial charge in [0.1, 0.15) is 0 Å². The zero-order valence-corrected chi connectivity index (χ0v) is 11.2. The molecule has 2 N–H and O–H groups in total. The van der Waals surface area contributed by atoms with Crippen molar-refractivity contribution in [3.63, 3.8) is 0 Å². The van der Waals surface area contributed by atoms with Crippen LogP contribution in [0.5, 0.6) is 0 Å². The standard InChI is InChI=1S/C16H15ClN2/c17-14-6-2-4-8-16(14)18-10-9-12-11-19-15-7-3-1-5-13(12)15/h1-8,11,18-19H,9-10H2. The van der Waals surface area contributed by atoms with Crippen LogP contribution < -0.4 is 5.32 Å². The number of H-pyrrole nitrogens is 1. The van der Waals surface area contributed by atoms with E-state index in [-0.39, 0.29) is 0 Å². The minimum atomic E-state index is 0.765. The molecular formula is C16H15ClN2. The number of hydrogen-bond acceptors (Lipinski definition) is 1. The lowest BCUT2D eigenvalue weighted by molar-refractivity contribution is 1.03. The SMILES string of the molecule is Clc1ccccc1NCCc1c[nH]c2ccccc12. The van der Waals surface area contributed by atoms with Crippen LogP contribution >= 0.6 is 11.6 Å². The lowest BCUT2D eigenvalue weighted by atomic mass is 10.1. The first-order valence-electron chi connectivity index (χ1n) is 6.38. The van der Waals surface area contributed by atoms with Gasteiger partial charge in [-0.3, -0.25) is 0 Å². The lowest BCUT2D eigenvalue weighted by Crippen LogP contribution is -2.04. The first kappa shape index (κ1) is 12.1. The predicted octanol–water partition coefficient (Wildman–Crippen LogP) is 4.48. The van der Waals surface area contributed by atoms with Crippen LogP contribution in [0.1, 0.15) is 5.56 Å². The van der Waals surface area contributed by atoms with Crippen molar-refractivity contribution in [2.75, 3.05) is 11.9 Å². The molecule has 0 radical (unpaired) electrons. The molecule has 0 saturated heterocycles. The van der Waals surface area contributed by atoms with E-state index in [1.165, 1.54) is 16.5 Å². The van der Waals surface area contributed by atoms with Gasteiger partial charge >= 0.3 is 0 Å². The minimum absolute atomic E-state index is 0.765. The number of aromatic nitrogens is 1. The summed E-state index contributed by atoms with van der Waals surface area (Å²) in [5, 5.41) is 5.43. The molecule has 1 aromatic heterocycles. The van der Waals surface area contributed by atoms with Gasteiger partial charge in [-0.1, -0.05) is 41.9 Å². The molecule has 0 spiro atoms. The van der Waals surface area contributed by atoms with Crippen molar-refractivity contribution < 1.29 is 0 Å². The normalized spacial score (nSPS) is 10.8. The summed E-state index contributed by atoms with van der Waals surface area (Å²) in [7, 11) is 0. The van der Waals surface area contributed by atoms with Crippen LogP contribution in [0.2, 0.25) is 5.02 Å². The number of anilines is 1. The van der Waals surface area contributed by atoms with E-state index >= 15 is 0 Å². The molecule has 0 amide bonds. The molecule has 2 aromatic carbocycles. The van der Waals surface area contributed by atoms with E-state index in [0.29, 0.717) is 0 Å². The maximum atomic E-state index is 6.11. The highest BCUT2D eigenvalue weighted by Gasteiger charge is 2.03. The van der Waals surface area contributed by atoms with Gasteiger partial charge in [0.25, 0.3) is 0 Å². The molecule has 3 rings (SSSR count). The molecule has 19 heavy (non-hydrogen) atoms. The fourth-order valence-electron chi connectivity index (χ4n) is 2.27. The number of rotatable bonds is 4. The van der Waals surface area contributed by atoms with E-state index in [1.807, 2.05) is 30.3 Å². The molecule has 96 valence electrons. The van der Waals surface area contributed by atoms with Gasteiger partial charge < -0.3 is 10.3 Å². The Balaban J connectivity index is 1.68. The number of fused-ring (bicyclic) bond motifs is 1. The fraction of sp³-hybridized carbons (Fsp3) is 0.125. The van der Waals surface area contributed by atoms with Gasteiger partial charge in [0.05, 0.1) is 10.7 Å². The molecule has 3 aromatic rings. The zero-order valence-electron chi connectivity index (χ0n) is 10.5. The van der Waals surface area contributed by atoms with Crippen molar-refractivity contribution in [1.29, 1.82) is 0 Å². The van der Waals surface area contributed by atoms with Gasteiger partial charge in [-0.05, 0) is 30.2 Å². The summed E-state index contributed by atoms with van der Waals surface area (Å²) in [5.74, 6) is 0. The van der Waals surface area contributed by atoms with Crippen molar-refractivity contribution in [2.45, 2.75) is 6.42 Å². The lowest BCUT2D eigenvalue weighted by Gasteiger charge is -2.07. The molecule has 3 heteroatoms. The average molecular weight is 271 g/mol. The molecule has 0 bridgehead atoms.